The van der Waals surface area contributed by atoms with Crippen LogP contribution in [0.1, 0.15) is 43.9 Å². The maximum atomic E-state index is 5.37. The number of nitrogens with zero attached hydrogens (tertiary/aromatic N) is 1. The van der Waals surface area contributed by atoms with Crippen LogP contribution in [0.25, 0.3) is 0 Å². The Morgan fingerprint density at radius 1 is 1.20 bits per heavy atom. The molecule has 0 aliphatic carbocycles. The SMILES string of the molecule is CCCCCCc1c([Si](C)(C)C)cc(I)nc1COC. The molecule has 4 heteroatoms. The Morgan fingerprint density at radius 2 is 1.90 bits per heavy atom. The summed E-state index contributed by atoms with van der Waals surface area (Å²) < 4.78 is 6.47. The van der Waals surface area contributed by atoms with E-state index in [0.717, 1.165) is 15.8 Å². The van der Waals surface area contributed by atoms with E-state index in [1.165, 1.54) is 31.2 Å². The van der Waals surface area contributed by atoms with Crippen LogP contribution in [-0.2, 0) is 17.8 Å². The summed E-state index contributed by atoms with van der Waals surface area (Å²) >= 11 is 2.33. The smallest absolute Gasteiger partial charge is 0.101 e. The lowest BCUT2D eigenvalue weighted by Crippen LogP contribution is -2.41. The van der Waals surface area contributed by atoms with E-state index in [2.05, 4.69) is 55.2 Å². The molecule has 0 atom stereocenters. The highest BCUT2D eigenvalue weighted by Gasteiger charge is 2.23. The summed E-state index contributed by atoms with van der Waals surface area (Å²) in [6.45, 7) is 10.2. The highest BCUT2D eigenvalue weighted by molar-refractivity contribution is 14.1. The molecule has 1 aromatic heterocycles. The minimum atomic E-state index is -1.34. The van der Waals surface area contributed by atoms with E-state index in [4.69, 9.17) is 9.72 Å². The molecule has 0 aliphatic rings. The Morgan fingerprint density at radius 3 is 2.45 bits per heavy atom. The van der Waals surface area contributed by atoms with Crippen LogP contribution in [0.15, 0.2) is 6.07 Å². The van der Waals surface area contributed by atoms with Crippen molar-refractivity contribution in [3.8, 4) is 0 Å². The molecule has 0 N–H and O–H groups in total. The minimum Gasteiger partial charge on any atom is -0.378 e. The van der Waals surface area contributed by atoms with Crippen molar-refractivity contribution in [3.05, 3.63) is 21.0 Å². The van der Waals surface area contributed by atoms with Crippen LogP contribution in [0.5, 0.6) is 0 Å². The molecule has 0 saturated heterocycles. The highest BCUT2D eigenvalue weighted by atomic mass is 127. The van der Waals surface area contributed by atoms with Gasteiger partial charge in [0, 0.05) is 7.11 Å². The number of pyridine rings is 1. The number of methoxy groups -OCH3 is 1. The summed E-state index contributed by atoms with van der Waals surface area (Å²) in [5.41, 5.74) is 2.64. The summed E-state index contributed by atoms with van der Waals surface area (Å²) in [7, 11) is 0.422. The Balaban J connectivity index is 3.07. The topological polar surface area (TPSA) is 22.1 Å². The molecule has 1 aromatic rings. The molecule has 0 amide bonds. The molecule has 0 bridgehead atoms. The van der Waals surface area contributed by atoms with Gasteiger partial charge in [-0.1, -0.05) is 51.0 Å². The third-order valence-corrected chi connectivity index (χ3v) is 6.16. The number of aromatic nitrogens is 1. The zero-order valence-corrected chi connectivity index (χ0v) is 16.7. The Labute approximate surface area is 138 Å². The number of rotatable bonds is 8. The van der Waals surface area contributed by atoms with Gasteiger partial charge >= 0.3 is 0 Å². The van der Waals surface area contributed by atoms with Gasteiger partial charge in [-0.15, -0.1) is 0 Å². The molecule has 0 spiro atoms. The lowest BCUT2D eigenvalue weighted by atomic mass is 10.0. The molecule has 0 aromatic carbocycles. The van der Waals surface area contributed by atoms with E-state index < -0.39 is 8.07 Å². The predicted octanol–water partition coefficient (Wildman–Crippen LogP) is 4.50. The highest BCUT2D eigenvalue weighted by Crippen LogP contribution is 2.17. The van der Waals surface area contributed by atoms with Gasteiger partial charge in [-0.3, -0.25) is 0 Å². The number of hydrogen-bond donors (Lipinski definition) is 0. The Bertz CT molecular complexity index is 429. The van der Waals surface area contributed by atoms with Crippen molar-refractivity contribution < 1.29 is 4.74 Å². The van der Waals surface area contributed by atoms with Gasteiger partial charge in [0.15, 0.2) is 0 Å². The molecule has 0 radical (unpaired) electrons. The predicted molar refractivity (Wildman–Crippen MR) is 98.5 cm³/mol. The normalized spacial score (nSPS) is 11.9. The van der Waals surface area contributed by atoms with E-state index in [-0.39, 0.29) is 0 Å². The van der Waals surface area contributed by atoms with Gasteiger partial charge in [-0.25, -0.2) is 4.98 Å². The van der Waals surface area contributed by atoms with Crippen molar-refractivity contribution in [1.29, 1.82) is 0 Å². The number of ether oxygens (including phenoxy) is 1. The third kappa shape index (κ3) is 5.45. The molecule has 0 unspecified atom stereocenters. The van der Waals surface area contributed by atoms with Gasteiger partial charge in [-0.2, -0.15) is 0 Å². The van der Waals surface area contributed by atoms with Crippen LogP contribution in [0.4, 0.5) is 0 Å². The van der Waals surface area contributed by atoms with Crippen LogP contribution in [-0.4, -0.2) is 20.2 Å². The molecule has 2 nitrogen and oxygen atoms in total. The first-order chi connectivity index (χ1) is 9.40. The minimum absolute atomic E-state index is 0.636. The van der Waals surface area contributed by atoms with Crippen molar-refractivity contribution in [3.63, 3.8) is 0 Å². The van der Waals surface area contributed by atoms with Gasteiger partial charge in [0.05, 0.1) is 20.4 Å². The fraction of sp³-hybridized carbons (Fsp3) is 0.688. The van der Waals surface area contributed by atoms with Crippen molar-refractivity contribution in [1.82, 2.24) is 4.98 Å². The molecule has 1 heterocycles. The number of halogens is 1. The summed E-state index contributed by atoms with van der Waals surface area (Å²) in [5.74, 6) is 0. The molecule has 0 saturated carbocycles. The zero-order chi connectivity index (χ0) is 15.2. The standard InChI is InChI=1S/C16H28INOSi/c1-6-7-8-9-10-13-14(12-19-2)18-16(17)11-15(13)20(3,4)5/h11H,6-10,12H2,1-5H3. The van der Waals surface area contributed by atoms with Crippen molar-refractivity contribution >= 4 is 35.9 Å². The summed E-state index contributed by atoms with van der Waals surface area (Å²) in [6, 6.07) is 2.31. The second-order valence-electron chi connectivity index (χ2n) is 6.41. The maximum absolute atomic E-state index is 5.37. The average Bonchev–Trinajstić information content (AvgIpc) is 2.35. The molecule has 20 heavy (non-hydrogen) atoms. The van der Waals surface area contributed by atoms with Gasteiger partial charge in [0.2, 0.25) is 0 Å². The first kappa shape index (κ1) is 18.1. The Hall–Kier alpha value is 0.0569. The fourth-order valence-electron chi connectivity index (χ4n) is 2.52. The second-order valence-corrected chi connectivity index (χ2v) is 12.6. The number of unbranched alkanes of at least 4 members (excludes halogenated alkanes) is 3. The molecule has 114 valence electrons. The zero-order valence-electron chi connectivity index (χ0n) is 13.6. The van der Waals surface area contributed by atoms with Gasteiger partial charge in [-0.05, 0) is 47.1 Å². The van der Waals surface area contributed by atoms with Crippen molar-refractivity contribution in [2.75, 3.05) is 7.11 Å². The van der Waals surface area contributed by atoms with E-state index >= 15 is 0 Å². The largest absolute Gasteiger partial charge is 0.378 e. The molecule has 0 fully saturated rings. The van der Waals surface area contributed by atoms with E-state index in [1.807, 2.05) is 0 Å². The van der Waals surface area contributed by atoms with Crippen LogP contribution in [0.2, 0.25) is 19.6 Å². The summed E-state index contributed by atoms with van der Waals surface area (Å²) in [6.07, 6.45) is 6.36. The molecular formula is C16H28INOSi. The fourth-order valence-corrected chi connectivity index (χ4v) is 5.16. The van der Waals surface area contributed by atoms with Gasteiger partial charge in [0.25, 0.3) is 0 Å². The molecule has 0 aliphatic heterocycles. The van der Waals surface area contributed by atoms with Crippen molar-refractivity contribution in [2.24, 2.45) is 0 Å². The van der Waals surface area contributed by atoms with Crippen LogP contribution >= 0.6 is 22.6 Å². The van der Waals surface area contributed by atoms with E-state index in [0.29, 0.717) is 6.61 Å². The second kappa shape index (κ2) is 8.49. The van der Waals surface area contributed by atoms with Crippen molar-refractivity contribution in [2.45, 2.75) is 65.3 Å². The first-order valence-corrected chi connectivity index (χ1v) is 12.2. The lowest BCUT2D eigenvalue weighted by molar-refractivity contribution is 0.180. The summed E-state index contributed by atoms with van der Waals surface area (Å²) in [5, 5.41) is 1.57. The monoisotopic (exact) mass is 405 g/mol. The lowest BCUT2D eigenvalue weighted by Gasteiger charge is -2.23. The van der Waals surface area contributed by atoms with E-state index in [1.54, 1.807) is 12.3 Å². The number of hydrogen-bond acceptors (Lipinski definition) is 2. The van der Waals surface area contributed by atoms with E-state index in [9.17, 15) is 0 Å². The van der Waals surface area contributed by atoms with Crippen LogP contribution < -0.4 is 5.19 Å². The average molecular weight is 405 g/mol. The van der Waals surface area contributed by atoms with Gasteiger partial charge in [0.1, 0.15) is 3.70 Å². The Kier molecular flexibility index (Phi) is 7.68. The maximum Gasteiger partial charge on any atom is 0.101 e. The molecular weight excluding hydrogens is 377 g/mol. The molecule has 1 rings (SSSR count). The van der Waals surface area contributed by atoms with Gasteiger partial charge < -0.3 is 4.74 Å². The first-order valence-electron chi connectivity index (χ1n) is 7.57. The summed E-state index contributed by atoms with van der Waals surface area (Å²) in [4.78, 5) is 4.72. The quantitative estimate of drug-likeness (QED) is 0.275. The third-order valence-electron chi connectivity index (χ3n) is 3.55. The van der Waals surface area contributed by atoms with Crippen LogP contribution in [0.3, 0.4) is 0 Å². The van der Waals surface area contributed by atoms with Crippen LogP contribution in [0, 0.1) is 3.70 Å².